The minimum Gasteiger partial charge on any atom is -0.280 e. The smallest absolute Gasteiger partial charge is 0.264 e. The zero-order valence-corrected chi connectivity index (χ0v) is 10.4. The van der Waals surface area contributed by atoms with E-state index in [2.05, 4.69) is 22.9 Å². The number of para-hydroxylation sites is 1. The van der Waals surface area contributed by atoms with Crippen molar-refractivity contribution in [2.24, 2.45) is 0 Å². The van der Waals surface area contributed by atoms with E-state index in [1.54, 1.807) is 18.3 Å². The van der Waals surface area contributed by atoms with Gasteiger partial charge in [0.15, 0.2) is 0 Å². The first-order chi connectivity index (χ1) is 8.54. The lowest BCUT2D eigenvalue weighted by molar-refractivity contribution is 0.590. The van der Waals surface area contributed by atoms with Crippen LogP contribution in [0.4, 0.5) is 0 Å². The summed E-state index contributed by atoms with van der Waals surface area (Å²) in [5.41, 5.74) is 0.660. The molecule has 0 amide bonds. The van der Waals surface area contributed by atoms with E-state index >= 15 is 0 Å². The molecule has 0 fully saturated rings. The molecule has 1 aromatic carbocycles. The summed E-state index contributed by atoms with van der Waals surface area (Å²) in [5.74, 6) is 0. The molecule has 1 N–H and O–H groups in total. The van der Waals surface area contributed by atoms with E-state index in [4.69, 9.17) is 0 Å². The van der Waals surface area contributed by atoms with E-state index in [0.717, 1.165) is 5.39 Å². The van der Waals surface area contributed by atoms with Crippen LogP contribution in [-0.4, -0.2) is 13.4 Å². The summed E-state index contributed by atoms with van der Waals surface area (Å²) in [6.45, 7) is 6.99. The SMILES string of the molecule is C=CC(=C)NS(=O)(=O)c1cccc2cccnc12. The van der Waals surface area contributed by atoms with E-state index in [0.29, 0.717) is 5.52 Å². The van der Waals surface area contributed by atoms with Crippen molar-refractivity contribution in [3.63, 3.8) is 0 Å². The molecule has 0 aliphatic rings. The molecule has 1 heterocycles. The molecular weight excluding hydrogens is 248 g/mol. The molecule has 92 valence electrons. The van der Waals surface area contributed by atoms with Gasteiger partial charge in [-0.05, 0) is 18.2 Å². The Morgan fingerprint density at radius 3 is 2.72 bits per heavy atom. The van der Waals surface area contributed by atoms with Gasteiger partial charge >= 0.3 is 0 Å². The van der Waals surface area contributed by atoms with Crippen LogP contribution >= 0.6 is 0 Å². The third kappa shape index (κ3) is 2.26. The number of aromatic nitrogens is 1. The maximum Gasteiger partial charge on any atom is 0.264 e. The van der Waals surface area contributed by atoms with Gasteiger partial charge in [-0.25, -0.2) is 8.42 Å². The third-order valence-electron chi connectivity index (χ3n) is 2.40. The molecule has 0 atom stereocenters. The Kier molecular flexibility index (Phi) is 3.16. The maximum absolute atomic E-state index is 12.2. The highest BCUT2D eigenvalue weighted by molar-refractivity contribution is 7.89. The number of sulfonamides is 1. The molecule has 2 rings (SSSR count). The molecule has 18 heavy (non-hydrogen) atoms. The second-order valence-electron chi connectivity index (χ2n) is 3.67. The Labute approximate surface area is 106 Å². The number of fused-ring (bicyclic) bond motifs is 1. The molecule has 5 heteroatoms. The van der Waals surface area contributed by atoms with Crippen LogP contribution in [0, 0.1) is 0 Å². The first-order valence-corrected chi connectivity index (χ1v) is 6.71. The van der Waals surface area contributed by atoms with Gasteiger partial charge in [0, 0.05) is 17.3 Å². The van der Waals surface area contributed by atoms with Gasteiger partial charge in [-0.2, -0.15) is 0 Å². The van der Waals surface area contributed by atoms with Crippen molar-refractivity contribution in [2.45, 2.75) is 4.90 Å². The number of hydrogen-bond acceptors (Lipinski definition) is 3. The van der Waals surface area contributed by atoms with Gasteiger partial charge in [0.25, 0.3) is 10.0 Å². The average Bonchev–Trinajstić information content (AvgIpc) is 2.37. The fourth-order valence-electron chi connectivity index (χ4n) is 1.56. The van der Waals surface area contributed by atoms with Gasteiger partial charge in [-0.15, -0.1) is 0 Å². The number of hydrogen-bond donors (Lipinski definition) is 1. The standard InChI is InChI=1S/C13H12N2O2S/c1-3-10(2)15-18(16,17)12-8-4-6-11-7-5-9-14-13(11)12/h3-9,15H,1-2H2. The number of nitrogens with zero attached hydrogens (tertiary/aromatic N) is 1. The van der Waals surface area contributed by atoms with Crippen molar-refractivity contribution < 1.29 is 8.42 Å². The normalized spacial score (nSPS) is 11.1. The van der Waals surface area contributed by atoms with Crippen molar-refractivity contribution in [1.29, 1.82) is 0 Å². The third-order valence-corrected chi connectivity index (χ3v) is 3.84. The first-order valence-electron chi connectivity index (χ1n) is 5.22. The quantitative estimate of drug-likeness (QED) is 0.857. The van der Waals surface area contributed by atoms with Crippen molar-refractivity contribution in [2.75, 3.05) is 0 Å². The molecule has 0 bridgehead atoms. The van der Waals surface area contributed by atoms with E-state index in [1.165, 1.54) is 12.1 Å². The summed E-state index contributed by atoms with van der Waals surface area (Å²) in [5, 5.41) is 0.768. The second kappa shape index (κ2) is 4.62. The summed E-state index contributed by atoms with van der Waals surface area (Å²) in [6.07, 6.45) is 2.90. The lowest BCUT2D eigenvalue weighted by Gasteiger charge is -2.09. The summed E-state index contributed by atoms with van der Waals surface area (Å²) < 4.78 is 26.6. The summed E-state index contributed by atoms with van der Waals surface area (Å²) in [7, 11) is -3.68. The van der Waals surface area contributed by atoms with Crippen LogP contribution in [0.25, 0.3) is 10.9 Å². The number of benzene rings is 1. The van der Waals surface area contributed by atoms with Gasteiger partial charge in [0.2, 0.25) is 0 Å². The van der Waals surface area contributed by atoms with Gasteiger partial charge in [0.05, 0.1) is 5.52 Å². The minimum absolute atomic E-state index is 0.128. The lowest BCUT2D eigenvalue weighted by atomic mass is 10.2. The van der Waals surface area contributed by atoms with Crippen LogP contribution in [0.3, 0.4) is 0 Å². The Morgan fingerprint density at radius 2 is 2.00 bits per heavy atom. The van der Waals surface area contributed by atoms with Crippen LogP contribution in [0.1, 0.15) is 0 Å². The average molecular weight is 260 g/mol. The van der Waals surface area contributed by atoms with E-state index < -0.39 is 10.0 Å². The second-order valence-corrected chi connectivity index (χ2v) is 5.32. The molecule has 0 unspecified atom stereocenters. The lowest BCUT2D eigenvalue weighted by Crippen LogP contribution is -2.22. The minimum atomic E-state index is -3.68. The summed E-state index contributed by atoms with van der Waals surface area (Å²) >= 11 is 0. The number of rotatable bonds is 4. The van der Waals surface area contributed by atoms with Gasteiger partial charge in [-0.3, -0.25) is 9.71 Å². The number of nitrogens with one attached hydrogen (secondary N) is 1. The van der Waals surface area contributed by atoms with Crippen molar-refractivity contribution in [1.82, 2.24) is 9.71 Å². The van der Waals surface area contributed by atoms with E-state index in [-0.39, 0.29) is 10.6 Å². The fourth-order valence-corrected chi connectivity index (χ4v) is 2.78. The van der Waals surface area contributed by atoms with Crippen LogP contribution in [0.5, 0.6) is 0 Å². The molecular formula is C13H12N2O2S. The van der Waals surface area contributed by atoms with E-state index in [9.17, 15) is 8.42 Å². The largest absolute Gasteiger partial charge is 0.280 e. The monoisotopic (exact) mass is 260 g/mol. The van der Waals surface area contributed by atoms with Crippen LogP contribution in [-0.2, 0) is 10.0 Å². The topological polar surface area (TPSA) is 59.1 Å². The van der Waals surface area contributed by atoms with Gasteiger partial charge in [-0.1, -0.05) is 31.4 Å². The molecule has 0 aliphatic carbocycles. The van der Waals surface area contributed by atoms with Crippen LogP contribution in [0.2, 0.25) is 0 Å². The Balaban J connectivity index is 2.61. The fraction of sp³-hybridized carbons (Fsp3) is 0. The zero-order chi connectivity index (χ0) is 13.2. The Bertz CT molecular complexity index is 715. The van der Waals surface area contributed by atoms with Gasteiger partial charge in [0.1, 0.15) is 4.90 Å². The Morgan fingerprint density at radius 1 is 1.28 bits per heavy atom. The number of allylic oxidation sites excluding steroid dienone is 1. The van der Waals surface area contributed by atoms with Crippen LogP contribution < -0.4 is 4.72 Å². The molecule has 0 saturated carbocycles. The van der Waals surface area contributed by atoms with Gasteiger partial charge < -0.3 is 0 Å². The predicted molar refractivity (Wildman–Crippen MR) is 71.4 cm³/mol. The van der Waals surface area contributed by atoms with Crippen molar-refractivity contribution >= 4 is 20.9 Å². The number of pyridine rings is 1. The highest BCUT2D eigenvalue weighted by atomic mass is 32.2. The van der Waals surface area contributed by atoms with Crippen molar-refractivity contribution in [3.05, 3.63) is 61.5 Å². The molecule has 0 aliphatic heterocycles. The zero-order valence-electron chi connectivity index (χ0n) is 9.63. The molecule has 0 radical (unpaired) electrons. The van der Waals surface area contributed by atoms with Crippen molar-refractivity contribution in [3.8, 4) is 0 Å². The molecule has 0 saturated heterocycles. The molecule has 0 spiro atoms. The summed E-state index contributed by atoms with van der Waals surface area (Å²) in [4.78, 5) is 4.23. The molecule has 1 aromatic heterocycles. The maximum atomic E-state index is 12.2. The first kappa shape index (κ1) is 12.3. The molecule has 2 aromatic rings. The summed E-state index contributed by atoms with van der Waals surface area (Å²) in [6, 6.07) is 8.56. The highest BCUT2D eigenvalue weighted by Gasteiger charge is 2.17. The predicted octanol–water partition coefficient (Wildman–Crippen LogP) is 2.21. The highest BCUT2D eigenvalue weighted by Crippen LogP contribution is 2.20. The molecule has 4 nitrogen and oxygen atoms in total. The van der Waals surface area contributed by atoms with Crippen LogP contribution in [0.15, 0.2) is 66.4 Å². The Hall–Kier alpha value is -2.14. The van der Waals surface area contributed by atoms with E-state index in [1.807, 2.05) is 12.1 Å².